The number of nitrogens with zero attached hydrogens (tertiary/aromatic N) is 1. The van der Waals surface area contributed by atoms with Crippen LogP contribution < -0.4 is 5.73 Å². The van der Waals surface area contributed by atoms with Crippen LogP contribution in [0.2, 0.25) is 0 Å². The van der Waals surface area contributed by atoms with Gasteiger partial charge >= 0.3 is 0 Å². The molecule has 1 unspecified atom stereocenters. The van der Waals surface area contributed by atoms with E-state index in [9.17, 15) is 8.42 Å². The van der Waals surface area contributed by atoms with Crippen molar-refractivity contribution < 1.29 is 17.9 Å². The van der Waals surface area contributed by atoms with Crippen molar-refractivity contribution in [3.05, 3.63) is 0 Å². The highest BCUT2D eigenvalue weighted by Gasteiger charge is 2.28. The lowest BCUT2D eigenvalue weighted by atomic mass is 10.3. The first-order valence-corrected chi connectivity index (χ1v) is 7.08. The molecule has 0 radical (unpaired) electrons. The van der Waals surface area contributed by atoms with Gasteiger partial charge in [-0.3, -0.25) is 0 Å². The number of halogens is 1. The molecule has 1 aliphatic rings. The lowest BCUT2D eigenvalue weighted by Crippen LogP contribution is -2.49. The molecule has 0 bridgehead atoms. The van der Waals surface area contributed by atoms with Gasteiger partial charge in [0, 0.05) is 26.2 Å². The largest absolute Gasteiger partial charge is 0.381 e. The van der Waals surface area contributed by atoms with Crippen LogP contribution in [0.1, 0.15) is 6.92 Å². The fraction of sp³-hybridized carbons (Fsp3) is 1.00. The van der Waals surface area contributed by atoms with E-state index in [0.717, 1.165) is 0 Å². The number of morpholine rings is 1. The Morgan fingerprint density at radius 3 is 2.82 bits per heavy atom. The second kappa shape index (κ2) is 8.23. The van der Waals surface area contributed by atoms with E-state index in [1.54, 1.807) is 0 Å². The Bertz CT molecular complexity index is 299. The molecular formula is C9H21ClN2O4S. The van der Waals surface area contributed by atoms with Crippen molar-refractivity contribution >= 4 is 22.4 Å². The molecule has 6 nitrogen and oxygen atoms in total. The highest BCUT2D eigenvalue weighted by molar-refractivity contribution is 7.89. The highest BCUT2D eigenvalue weighted by atomic mass is 35.5. The van der Waals surface area contributed by atoms with Gasteiger partial charge < -0.3 is 15.2 Å². The molecule has 104 valence electrons. The van der Waals surface area contributed by atoms with Gasteiger partial charge in [0.05, 0.1) is 25.1 Å². The van der Waals surface area contributed by atoms with E-state index in [1.807, 2.05) is 6.92 Å². The number of sulfonamides is 1. The first-order valence-electron chi connectivity index (χ1n) is 5.47. The summed E-state index contributed by atoms with van der Waals surface area (Å²) >= 11 is 0. The predicted molar refractivity (Wildman–Crippen MR) is 67.9 cm³/mol. The monoisotopic (exact) mass is 288 g/mol. The molecular weight excluding hydrogens is 268 g/mol. The van der Waals surface area contributed by atoms with E-state index in [-0.39, 0.29) is 30.9 Å². The maximum absolute atomic E-state index is 11.9. The number of hydrogen-bond donors (Lipinski definition) is 1. The summed E-state index contributed by atoms with van der Waals surface area (Å²) in [7, 11) is -3.23. The third kappa shape index (κ3) is 5.50. The summed E-state index contributed by atoms with van der Waals surface area (Å²) in [6.45, 7) is 4.13. The first kappa shape index (κ1) is 17.1. The Labute approximate surface area is 109 Å². The van der Waals surface area contributed by atoms with Crippen molar-refractivity contribution in [2.75, 3.05) is 45.2 Å². The molecule has 17 heavy (non-hydrogen) atoms. The van der Waals surface area contributed by atoms with Gasteiger partial charge in [0.2, 0.25) is 10.0 Å². The van der Waals surface area contributed by atoms with Crippen LogP contribution in [0.4, 0.5) is 0 Å². The number of nitrogens with two attached hydrogens (primary N) is 1. The van der Waals surface area contributed by atoms with Crippen molar-refractivity contribution in [2.45, 2.75) is 13.0 Å². The average Bonchev–Trinajstić information content (AvgIpc) is 2.29. The van der Waals surface area contributed by atoms with E-state index in [4.69, 9.17) is 15.2 Å². The Morgan fingerprint density at radius 1 is 1.53 bits per heavy atom. The van der Waals surface area contributed by atoms with E-state index in [1.165, 1.54) is 4.31 Å². The highest BCUT2D eigenvalue weighted by Crippen LogP contribution is 2.09. The van der Waals surface area contributed by atoms with Crippen molar-refractivity contribution in [3.8, 4) is 0 Å². The van der Waals surface area contributed by atoms with Gasteiger partial charge in [0.25, 0.3) is 0 Å². The predicted octanol–water partition coefficient (Wildman–Crippen LogP) is -0.566. The number of hydrogen-bond acceptors (Lipinski definition) is 5. The zero-order chi connectivity index (χ0) is 12.0. The number of rotatable bonds is 6. The maximum Gasteiger partial charge on any atom is 0.216 e. The summed E-state index contributed by atoms with van der Waals surface area (Å²) in [5.41, 5.74) is 5.46. The molecule has 1 heterocycles. The zero-order valence-electron chi connectivity index (χ0n) is 10.0. The van der Waals surface area contributed by atoms with Crippen LogP contribution in [-0.4, -0.2) is 64.0 Å². The normalized spacial score (nSPS) is 22.1. The van der Waals surface area contributed by atoms with Gasteiger partial charge in [-0.1, -0.05) is 0 Å². The molecule has 1 atom stereocenters. The lowest BCUT2D eigenvalue weighted by molar-refractivity contribution is 0.00431. The topological polar surface area (TPSA) is 81.9 Å². The summed E-state index contributed by atoms with van der Waals surface area (Å²) in [5.74, 6) is 0.0259. The second-order valence-electron chi connectivity index (χ2n) is 3.60. The van der Waals surface area contributed by atoms with E-state index in [2.05, 4.69) is 0 Å². The van der Waals surface area contributed by atoms with Gasteiger partial charge in [-0.25, -0.2) is 8.42 Å². The number of ether oxygens (including phenoxy) is 2. The van der Waals surface area contributed by atoms with Crippen LogP contribution in [-0.2, 0) is 19.5 Å². The molecule has 0 spiro atoms. The standard InChI is InChI=1S/C9H20N2O4S.ClH/c1-2-14-5-6-16(12,13)11-3-4-15-9(7-10)8-11;/h9H,2-8,10H2,1H3;1H. The van der Waals surface area contributed by atoms with Crippen molar-refractivity contribution in [2.24, 2.45) is 5.73 Å². The molecule has 0 aliphatic carbocycles. The second-order valence-corrected chi connectivity index (χ2v) is 5.69. The summed E-state index contributed by atoms with van der Waals surface area (Å²) in [4.78, 5) is 0. The molecule has 0 saturated carbocycles. The van der Waals surface area contributed by atoms with Crippen molar-refractivity contribution in [3.63, 3.8) is 0 Å². The minimum Gasteiger partial charge on any atom is -0.381 e. The van der Waals surface area contributed by atoms with Crippen LogP contribution in [0.25, 0.3) is 0 Å². The Kier molecular flexibility index (Phi) is 8.27. The molecule has 0 amide bonds. The molecule has 1 rings (SSSR count). The van der Waals surface area contributed by atoms with Crippen LogP contribution in [0.5, 0.6) is 0 Å². The molecule has 8 heteroatoms. The quantitative estimate of drug-likeness (QED) is 0.662. The Balaban J connectivity index is 0.00000256. The molecule has 0 aromatic heterocycles. The fourth-order valence-corrected chi connectivity index (χ4v) is 2.86. The van der Waals surface area contributed by atoms with Crippen LogP contribution in [0.15, 0.2) is 0 Å². The van der Waals surface area contributed by atoms with E-state index >= 15 is 0 Å². The summed E-state index contributed by atoms with van der Waals surface area (Å²) in [6, 6.07) is 0. The van der Waals surface area contributed by atoms with Gasteiger partial charge in [0.15, 0.2) is 0 Å². The van der Waals surface area contributed by atoms with Crippen LogP contribution >= 0.6 is 12.4 Å². The average molecular weight is 289 g/mol. The third-order valence-electron chi connectivity index (χ3n) is 2.45. The Morgan fingerprint density at radius 2 is 2.24 bits per heavy atom. The summed E-state index contributed by atoms with van der Waals surface area (Å²) in [5, 5.41) is 0. The minimum atomic E-state index is -3.23. The van der Waals surface area contributed by atoms with Gasteiger partial charge in [-0.15, -0.1) is 12.4 Å². The third-order valence-corrected chi connectivity index (χ3v) is 4.25. The van der Waals surface area contributed by atoms with Gasteiger partial charge in [-0.05, 0) is 6.92 Å². The maximum atomic E-state index is 11.9. The minimum absolute atomic E-state index is 0. The molecule has 1 saturated heterocycles. The molecule has 0 aromatic carbocycles. The van der Waals surface area contributed by atoms with E-state index < -0.39 is 10.0 Å². The zero-order valence-corrected chi connectivity index (χ0v) is 11.6. The molecule has 0 aromatic rings. The molecule has 1 aliphatic heterocycles. The Hall–Kier alpha value is 0.0800. The summed E-state index contributed by atoms with van der Waals surface area (Å²) < 4.78 is 35.5. The summed E-state index contributed by atoms with van der Waals surface area (Å²) in [6.07, 6.45) is -0.185. The van der Waals surface area contributed by atoms with Crippen LogP contribution in [0.3, 0.4) is 0 Å². The fourth-order valence-electron chi connectivity index (χ4n) is 1.53. The SMILES string of the molecule is CCOCCS(=O)(=O)N1CCOC(CN)C1.Cl. The smallest absolute Gasteiger partial charge is 0.216 e. The van der Waals surface area contributed by atoms with E-state index in [0.29, 0.717) is 32.8 Å². The molecule has 2 N–H and O–H groups in total. The lowest BCUT2D eigenvalue weighted by Gasteiger charge is -2.31. The van der Waals surface area contributed by atoms with Gasteiger partial charge in [0.1, 0.15) is 0 Å². The van der Waals surface area contributed by atoms with Gasteiger partial charge in [-0.2, -0.15) is 4.31 Å². The van der Waals surface area contributed by atoms with Crippen LogP contribution in [0, 0.1) is 0 Å². The first-order chi connectivity index (χ1) is 7.60. The molecule has 1 fully saturated rings. The van der Waals surface area contributed by atoms with Crippen molar-refractivity contribution in [1.29, 1.82) is 0 Å². The van der Waals surface area contributed by atoms with Crippen molar-refractivity contribution in [1.82, 2.24) is 4.31 Å².